The van der Waals surface area contributed by atoms with Crippen LogP contribution in [-0.4, -0.2) is 34.1 Å². The van der Waals surface area contributed by atoms with Crippen LogP contribution in [0.25, 0.3) is 0 Å². The first-order chi connectivity index (χ1) is 10.9. The minimum atomic E-state index is -0.230. The van der Waals surface area contributed by atoms with E-state index in [0.717, 1.165) is 44.9 Å². The van der Waals surface area contributed by atoms with Crippen LogP contribution < -0.4 is 0 Å². The number of allylic oxidation sites excluding steroid dienone is 1. The molecule has 3 nitrogen and oxygen atoms in total. The summed E-state index contributed by atoms with van der Waals surface area (Å²) < 4.78 is 0. The average Bonchev–Trinajstić information content (AvgIpc) is 2.83. The second-order valence-electron chi connectivity index (χ2n) is 9.19. The Balaban J connectivity index is 1.75. The standard InChI is InChI=1S/C20H32O3/c1-12-9-13-10-14(22)5-8-20(13,11-21)16-6-7-19(2)15(18(12)16)3-4-17(19)23/h9,12,14-18,21-23H,3-8,10-11H2,1-2H3/t12?,14?,15-,16+,17?,18-,19-,20+/m0/s1. The fourth-order valence-electron chi connectivity index (χ4n) is 7.07. The summed E-state index contributed by atoms with van der Waals surface area (Å²) in [6.07, 6.45) is 8.79. The third-order valence-corrected chi connectivity index (χ3v) is 8.36. The van der Waals surface area contributed by atoms with E-state index < -0.39 is 0 Å². The Morgan fingerprint density at radius 2 is 1.87 bits per heavy atom. The second-order valence-corrected chi connectivity index (χ2v) is 9.19. The summed E-state index contributed by atoms with van der Waals surface area (Å²) in [6, 6.07) is 0. The van der Waals surface area contributed by atoms with Crippen molar-refractivity contribution in [3.63, 3.8) is 0 Å². The van der Waals surface area contributed by atoms with E-state index in [-0.39, 0.29) is 29.6 Å². The molecule has 4 aliphatic rings. The van der Waals surface area contributed by atoms with Crippen molar-refractivity contribution in [1.29, 1.82) is 0 Å². The number of hydrogen-bond donors (Lipinski definition) is 3. The van der Waals surface area contributed by atoms with Gasteiger partial charge in [0.1, 0.15) is 0 Å². The van der Waals surface area contributed by atoms with Gasteiger partial charge in [0, 0.05) is 5.41 Å². The predicted molar refractivity (Wildman–Crippen MR) is 89.7 cm³/mol. The van der Waals surface area contributed by atoms with Crippen molar-refractivity contribution in [2.24, 2.45) is 34.5 Å². The van der Waals surface area contributed by atoms with Gasteiger partial charge in [0.25, 0.3) is 0 Å². The summed E-state index contributed by atoms with van der Waals surface area (Å²) in [5.74, 6) is 2.18. The van der Waals surface area contributed by atoms with Crippen LogP contribution in [0.4, 0.5) is 0 Å². The summed E-state index contributed by atoms with van der Waals surface area (Å²) >= 11 is 0. The molecule has 8 atom stereocenters. The highest BCUT2D eigenvalue weighted by Gasteiger charge is 2.60. The first-order valence-electron chi connectivity index (χ1n) is 9.60. The zero-order valence-corrected chi connectivity index (χ0v) is 14.5. The lowest BCUT2D eigenvalue weighted by Gasteiger charge is -2.59. The lowest BCUT2D eigenvalue weighted by atomic mass is 9.45. The molecule has 130 valence electrons. The minimum Gasteiger partial charge on any atom is -0.395 e. The summed E-state index contributed by atoms with van der Waals surface area (Å²) in [6.45, 7) is 4.85. The highest BCUT2D eigenvalue weighted by atomic mass is 16.3. The van der Waals surface area contributed by atoms with Gasteiger partial charge in [-0.3, -0.25) is 0 Å². The summed E-state index contributed by atoms with van der Waals surface area (Å²) in [4.78, 5) is 0. The molecule has 0 aromatic rings. The largest absolute Gasteiger partial charge is 0.395 e. The molecule has 0 spiro atoms. The maximum absolute atomic E-state index is 10.6. The Bertz CT molecular complexity index is 515. The molecule has 23 heavy (non-hydrogen) atoms. The van der Waals surface area contributed by atoms with Crippen LogP contribution in [0.1, 0.15) is 58.8 Å². The SMILES string of the molecule is CC1C=C2CC(O)CC[C@]2(CO)[C@@H]2CC[C@]3(C)C(O)CC[C@H]3[C@H]12. The van der Waals surface area contributed by atoms with Crippen molar-refractivity contribution in [2.75, 3.05) is 6.61 Å². The van der Waals surface area contributed by atoms with E-state index >= 15 is 0 Å². The van der Waals surface area contributed by atoms with Gasteiger partial charge in [-0.05, 0) is 74.0 Å². The van der Waals surface area contributed by atoms with Crippen LogP contribution in [0.15, 0.2) is 11.6 Å². The Kier molecular flexibility index (Phi) is 3.72. The van der Waals surface area contributed by atoms with Gasteiger partial charge in [0.15, 0.2) is 0 Å². The van der Waals surface area contributed by atoms with Crippen molar-refractivity contribution in [3.05, 3.63) is 11.6 Å². The molecule has 0 aliphatic heterocycles. The Hall–Kier alpha value is -0.380. The normalized spacial score (nSPS) is 55.6. The molecular weight excluding hydrogens is 288 g/mol. The first-order valence-corrected chi connectivity index (χ1v) is 9.60. The van der Waals surface area contributed by atoms with Crippen molar-refractivity contribution in [2.45, 2.75) is 71.0 Å². The van der Waals surface area contributed by atoms with Crippen molar-refractivity contribution in [1.82, 2.24) is 0 Å². The number of aliphatic hydroxyl groups excluding tert-OH is 3. The molecule has 4 rings (SSSR count). The van der Waals surface area contributed by atoms with Crippen LogP contribution in [0.3, 0.4) is 0 Å². The molecule has 0 radical (unpaired) electrons. The Labute approximate surface area is 139 Å². The van der Waals surface area contributed by atoms with E-state index in [0.29, 0.717) is 23.7 Å². The number of aliphatic hydroxyl groups is 3. The van der Waals surface area contributed by atoms with E-state index in [9.17, 15) is 15.3 Å². The van der Waals surface area contributed by atoms with Gasteiger partial charge in [-0.25, -0.2) is 0 Å². The van der Waals surface area contributed by atoms with Crippen molar-refractivity contribution in [3.8, 4) is 0 Å². The Morgan fingerprint density at radius 1 is 1.09 bits per heavy atom. The topological polar surface area (TPSA) is 60.7 Å². The second kappa shape index (κ2) is 5.31. The fraction of sp³-hybridized carbons (Fsp3) is 0.900. The zero-order chi connectivity index (χ0) is 16.4. The van der Waals surface area contributed by atoms with Crippen LogP contribution in [0.5, 0.6) is 0 Å². The Morgan fingerprint density at radius 3 is 2.61 bits per heavy atom. The zero-order valence-electron chi connectivity index (χ0n) is 14.5. The molecule has 3 unspecified atom stereocenters. The van der Waals surface area contributed by atoms with Gasteiger partial charge in [-0.2, -0.15) is 0 Å². The van der Waals surface area contributed by atoms with Crippen LogP contribution in [-0.2, 0) is 0 Å². The minimum absolute atomic E-state index is 0.0750. The molecule has 3 N–H and O–H groups in total. The van der Waals surface area contributed by atoms with Crippen LogP contribution in [0.2, 0.25) is 0 Å². The molecule has 3 saturated carbocycles. The molecule has 0 heterocycles. The lowest BCUT2D eigenvalue weighted by molar-refractivity contribution is -0.102. The van der Waals surface area contributed by atoms with Gasteiger partial charge >= 0.3 is 0 Å². The van der Waals surface area contributed by atoms with E-state index in [1.165, 1.54) is 5.57 Å². The number of fused-ring (bicyclic) bond motifs is 5. The van der Waals surface area contributed by atoms with Crippen LogP contribution in [0, 0.1) is 34.5 Å². The average molecular weight is 320 g/mol. The van der Waals surface area contributed by atoms with E-state index in [2.05, 4.69) is 19.9 Å². The van der Waals surface area contributed by atoms with Crippen molar-refractivity contribution >= 4 is 0 Å². The molecule has 3 fully saturated rings. The third kappa shape index (κ3) is 2.06. The van der Waals surface area contributed by atoms with Gasteiger partial charge in [0.05, 0.1) is 18.8 Å². The quantitative estimate of drug-likeness (QED) is 0.651. The maximum Gasteiger partial charge on any atom is 0.0596 e. The van der Waals surface area contributed by atoms with Gasteiger partial charge < -0.3 is 15.3 Å². The van der Waals surface area contributed by atoms with Gasteiger partial charge in [-0.1, -0.05) is 25.5 Å². The van der Waals surface area contributed by atoms with Crippen molar-refractivity contribution < 1.29 is 15.3 Å². The predicted octanol–water partition coefficient (Wildman–Crippen LogP) is 2.89. The number of rotatable bonds is 1. The molecular formula is C20H32O3. The lowest BCUT2D eigenvalue weighted by Crippen LogP contribution is -2.55. The maximum atomic E-state index is 10.6. The van der Waals surface area contributed by atoms with Gasteiger partial charge in [0.2, 0.25) is 0 Å². The van der Waals surface area contributed by atoms with E-state index in [1.807, 2.05) is 0 Å². The summed E-state index contributed by atoms with van der Waals surface area (Å²) in [7, 11) is 0. The summed E-state index contributed by atoms with van der Waals surface area (Å²) in [5.41, 5.74) is 1.31. The molecule has 0 saturated heterocycles. The fourth-order valence-corrected chi connectivity index (χ4v) is 7.07. The molecule has 4 aliphatic carbocycles. The molecule has 0 bridgehead atoms. The first kappa shape index (κ1) is 16.1. The summed E-state index contributed by atoms with van der Waals surface area (Å²) in [5, 5.41) is 31.0. The molecule has 0 amide bonds. The molecule has 0 aromatic carbocycles. The highest BCUT2D eigenvalue weighted by molar-refractivity contribution is 5.28. The van der Waals surface area contributed by atoms with E-state index in [4.69, 9.17) is 0 Å². The molecule has 3 heteroatoms. The monoisotopic (exact) mass is 320 g/mol. The van der Waals surface area contributed by atoms with Gasteiger partial charge in [-0.15, -0.1) is 0 Å². The number of hydrogen-bond acceptors (Lipinski definition) is 3. The molecule has 0 aromatic heterocycles. The third-order valence-electron chi connectivity index (χ3n) is 8.36. The van der Waals surface area contributed by atoms with Crippen LogP contribution >= 0.6 is 0 Å². The highest BCUT2D eigenvalue weighted by Crippen LogP contribution is 2.65. The smallest absolute Gasteiger partial charge is 0.0596 e. The van der Waals surface area contributed by atoms with E-state index in [1.54, 1.807) is 0 Å².